The average Bonchev–Trinajstić information content (AvgIpc) is 3.58. The highest BCUT2D eigenvalue weighted by Crippen LogP contribution is 2.36. The van der Waals surface area contributed by atoms with Crippen molar-refractivity contribution in [1.82, 2.24) is 24.5 Å². The average molecular weight is 572 g/mol. The number of thioether (sulfide) groups is 1. The van der Waals surface area contributed by atoms with Crippen LogP contribution in [-0.4, -0.2) is 36.9 Å². The van der Waals surface area contributed by atoms with E-state index in [2.05, 4.69) is 39.8 Å². The van der Waals surface area contributed by atoms with Crippen LogP contribution in [0.3, 0.4) is 0 Å². The molecule has 1 N–H and O–H groups in total. The summed E-state index contributed by atoms with van der Waals surface area (Å²) in [4.78, 5) is 28.9. The lowest BCUT2D eigenvalue weighted by molar-refractivity contribution is -0.119. The molecule has 5 aromatic rings. The van der Waals surface area contributed by atoms with E-state index >= 15 is 0 Å². The first-order chi connectivity index (χ1) is 19.6. The zero-order chi connectivity index (χ0) is 27.5. The van der Waals surface area contributed by atoms with Gasteiger partial charge in [0, 0.05) is 17.5 Å². The molecule has 1 aliphatic carbocycles. The molecule has 0 radical (unpaired) electrons. The first-order valence-corrected chi connectivity index (χ1v) is 15.8. The maximum Gasteiger partial charge on any atom is 0.263 e. The fourth-order valence-electron chi connectivity index (χ4n) is 5.50. The first-order valence-electron chi connectivity index (χ1n) is 14.0. The number of fused-ring (bicyclic) bond motifs is 5. The Bertz CT molecular complexity index is 1690. The Hall–Kier alpha value is -3.43. The molecule has 2 aromatic carbocycles. The maximum atomic E-state index is 13.9. The van der Waals surface area contributed by atoms with Crippen LogP contribution in [0, 0.1) is 0 Å². The largest absolute Gasteiger partial charge is 0.353 e. The summed E-state index contributed by atoms with van der Waals surface area (Å²) in [7, 11) is 0. The van der Waals surface area contributed by atoms with E-state index in [9.17, 15) is 9.59 Å². The third-order valence-corrected chi connectivity index (χ3v) is 9.79. The van der Waals surface area contributed by atoms with E-state index in [-0.39, 0.29) is 23.3 Å². The van der Waals surface area contributed by atoms with Gasteiger partial charge in [-0.3, -0.25) is 14.2 Å². The Morgan fingerprint density at radius 2 is 1.70 bits per heavy atom. The number of aryl methyl sites for hydroxylation is 5. The van der Waals surface area contributed by atoms with Crippen LogP contribution in [0.15, 0.2) is 70.6 Å². The van der Waals surface area contributed by atoms with Crippen LogP contribution in [0.5, 0.6) is 0 Å². The molecule has 1 aliphatic rings. The van der Waals surface area contributed by atoms with Gasteiger partial charge in [-0.1, -0.05) is 72.4 Å². The highest BCUT2D eigenvalue weighted by atomic mass is 32.2. The molecule has 0 saturated carbocycles. The smallest absolute Gasteiger partial charge is 0.263 e. The van der Waals surface area contributed by atoms with Gasteiger partial charge in [-0.2, -0.15) is 0 Å². The summed E-state index contributed by atoms with van der Waals surface area (Å²) in [6.45, 7) is 2.57. The van der Waals surface area contributed by atoms with Crippen LogP contribution < -0.4 is 10.9 Å². The summed E-state index contributed by atoms with van der Waals surface area (Å²) < 4.78 is 3.79. The highest BCUT2D eigenvalue weighted by molar-refractivity contribution is 7.99. The molecule has 3 aromatic heterocycles. The lowest BCUT2D eigenvalue weighted by Crippen LogP contribution is -2.34. The van der Waals surface area contributed by atoms with E-state index in [0.29, 0.717) is 17.5 Å². The zero-order valence-corrected chi connectivity index (χ0v) is 24.3. The minimum Gasteiger partial charge on any atom is -0.353 e. The third kappa shape index (κ3) is 5.58. The molecule has 0 fully saturated rings. The molecule has 0 aliphatic heterocycles. The molecule has 206 valence electrons. The number of benzene rings is 2. The summed E-state index contributed by atoms with van der Waals surface area (Å²) >= 11 is 3.07. The molecule has 0 spiro atoms. The fourth-order valence-corrected chi connectivity index (χ4v) is 7.68. The van der Waals surface area contributed by atoms with Crippen LogP contribution in [0.1, 0.15) is 47.8 Å². The van der Waals surface area contributed by atoms with Gasteiger partial charge in [0.15, 0.2) is 5.16 Å². The van der Waals surface area contributed by atoms with E-state index in [1.807, 2.05) is 47.7 Å². The number of aromatic nitrogens is 4. The molecule has 9 heteroatoms. The van der Waals surface area contributed by atoms with Crippen LogP contribution >= 0.6 is 23.1 Å². The Morgan fingerprint density at radius 3 is 2.45 bits per heavy atom. The van der Waals surface area contributed by atoms with Gasteiger partial charge in [0.25, 0.3) is 5.56 Å². The van der Waals surface area contributed by atoms with Crippen molar-refractivity contribution in [3.63, 3.8) is 0 Å². The fraction of sp³-hybridized carbons (Fsp3) is 0.355. The maximum absolute atomic E-state index is 13.9. The van der Waals surface area contributed by atoms with Crippen molar-refractivity contribution in [3.8, 4) is 0 Å². The SMILES string of the molecule is CC(CCc1ccccc1)NC(=O)CSc1nnc2n(CCc3ccccc3)c(=O)c3c4c(sc3n12)CCCC4. The second-order valence-corrected chi connectivity index (χ2v) is 12.5. The number of amides is 1. The van der Waals surface area contributed by atoms with Gasteiger partial charge in [0.2, 0.25) is 11.7 Å². The van der Waals surface area contributed by atoms with Gasteiger partial charge in [-0.25, -0.2) is 4.40 Å². The number of hydrogen-bond donors (Lipinski definition) is 1. The lowest BCUT2D eigenvalue weighted by Gasteiger charge is -2.14. The van der Waals surface area contributed by atoms with Gasteiger partial charge in [0.1, 0.15) is 4.83 Å². The highest BCUT2D eigenvalue weighted by Gasteiger charge is 2.25. The molecule has 0 saturated heterocycles. The Morgan fingerprint density at radius 1 is 1.00 bits per heavy atom. The first kappa shape index (κ1) is 26.8. The molecule has 1 amide bonds. The van der Waals surface area contributed by atoms with Crippen LogP contribution in [0.4, 0.5) is 0 Å². The van der Waals surface area contributed by atoms with E-state index in [4.69, 9.17) is 0 Å². The molecular formula is C31H33N5O2S2. The molecule has 1 unspecified atom stereocenters. The predicted molar refractivity (Wildman–Crippen MR) is 163 cm³/mol. The van der Waals surface area contributed by atoms with Crippen LogP contribution in [0.25, 0.3) is 16.0 Å². The van der Waals surface area contributed by atoms with Crippen molar-refractivity contribution in [2.24, 2.45) is 0 Å². The number of nitrogens with one attached hydrogen (secondary N) is 1. The molecule has 40 heavy (non-hydrogen) atoms. The Labute approximate surface area is 241 Å². The number of rotatable bonds is 10. The monoisotopic (exact) mass is 571 g/mol. The summed E-state index contributed by atoms with van der Waals surface area (Å²) in [5.41, 5.74) is 3.66. The molecule has 3 heterocycles. The topological polar surface area (TPSA) is 81.3 Å². The second-order valence-electron chi connectivity index (χ2n) is 10.5. The van der Waals surface area contributed by atoms with E-state index in [1.165, 1.54) is 33.3 Å². The Kier molecular flexibility index (Phi) is 8.02. The van der Waals surface area contributed by atoms with Crippen LogP contribution in [-0.2, 0) is 37.0 Å². The van der Waals surface area contributed by atoms with Gasteiger partial charge >= 0.3 is 0 Å². The minimum atomic E-state index is -0.0265. The standard InChI is InChI=1S/C31H33N5O2S2/c1-21(16-17-22-10-4-2-5-11-22)32-26(37)20-39-31-34-33-30-35(19-18-23-12-6-3-7-13-23)28(38)27-24-14-8-9-15-25(24)40-29(27)36(30)31/h2-7,10-13,21H,8-9,14-20H2,1H3,(H,32,37). The van der Waals surface area contributed by atoms with Crippen molar-refractivity contribution in [2.45, 2.75) is 69.6 Å². The third-order valence-electron chi connectivity index (χ3n) is 7.59. The quantitative estimate of drug-likeness (QED) is 0.225. The molecule has 1 atom stereocenters. The van der Waals surface area contributed by atoms with Crippen molar-refractivity contribution in [3.05, 3.63) is 92.6 Å². The summed E-state index contributed by atoms with van der Waals surface area (Å²) in [5, 5.41) is 13.5. The summed E-state index contributed by atoms with van der Waals surface area (Å²) in [5.74, 6) is 0.763. The van der Waals surface area contributed by atoms with Crippen molar-refractivity contribution < 1.29 is 4.79 Å². The summed E-state index contributed by atoms with van der Waals surface area (Å²) in [6, 6.07) is 20.6. The van der Waals surface area contributed by atoms with Gasteiger partial charge in [0.05, 0.1) is 11.1 Å². The van der Waals surface area contributed by atoms with Crippen molar-refractivity contribution in [2.75, 3.05) is 5.75 Å². The van der Waals surface area contributed by atoms with E-state index < -0.39 is 0 Å². The molecule has 0 bridgehead atoms. The number of nitrogens with zero attached hydrogens (tertiary/aromatic N) is 4. The van der Waals surface area contributed by atoms with Gasteiger partial charge in [-0.05, 0) is 68.6 Å². The Balaban J connectivity index is 1.25. The summed E-state index contributed by atoms with van der Waals surface area (Å²) in [6.07, 6.45) is 6.72. The normalized spacial score (nSPS) is 13.9. The number of hydrogen-bond acceptors (Lipinski definition) is 6. The van der Waals surface area contributed by atoms with E-state index in [1.54, 1.807) is 15.9 Å². The number of carbonyl (C=O) groups is 1. The second kappa shape index (κ2) is 12.0. The molecule has 6 rings (SSSR count). The van der Waals surface area contributed by atoms with Crippen molar-refractivity contribution in [1.29, 1.82) is 0 Å². The lowest BCUT2D eigenvalue weighted by atomic mass is 9.97. The van der Waals surface area contributed by atoms with Crippen LogP contribution in [0.2, 0.25) is 0 Å². The molecular weight excluding hydrogens is 539 g/mol. The molecule has 7 nitrogen and oxygen atoms in total. The number of thiophene rings is 1. The predicted octanol–water partition coefficient (Wildman–Crippen LogP) is 5.46. The van der Waals surface area contributed by atoms with Gasteiger partial charge < -0.3 is 5.32 Å². The zero-order valence-electron chi connectivity index (χ0n) is 22.6. The van der Waals surface area contributed by atoms with Gasteiger partial charge in [-0.15, -0.1) is 21.5 Å². The van der Waals surface area contributed by atoms with E-state index in [0.717, 1.165) is 55.2 Å². The minimum absolute atomic E-state index is 0.0202. The number of carbonyl (C=O) groups excluding carboxylic acids is 1. The van der Waals surface area contributed by atoms with Crippen molar-refractivity contribution >= 4 is 45.0 Å².